The van der Waals surface area contributed by atoms with E-state index in [-0.39, 0.29) is 22.4 Å². The zero-order valence-corrected chi connectivity index (χ0v) is 10.9. The number of pyridine rings is 1. The fourth-order valence-electron chi connectivity index (χ4n) is 1.86. The second kappa shape index (κ2) is 5.16. The number of carbonyl (C=O) groups excluding carboxylic acids is 1. The molecule has 0 radical (unpaired) electrons. The number of rotatable bonds is 2. The van der Waals surface area contributed by atoms with Crippen LogP contribution in [0, 0.1) is 5.82 Å². The van der Waals surface area contributed by atoms with E-state index in [0.29, 0.717) is 0 Å². The maximum Gasteiger partial charge on any atom is 0.339 e. The Morgan fingerprint density at radius 2 is 2.00 bits per heavy atom. The fraction of sp³-hybridized carbons (Fsp3) is 0.143. The minimum Gasteiger partial charge on any atom is -0.507 e. The van der Waals surface area contributed by atoms with Crippen molar-refractivity contribution in [1.29, 1.82) is 0 Å². The van der Waals surface area contributed by atoms with Gasteiger partial charge in [0.25, 0.3) is 5.56 Å². The number of aromatic hydroxyl groups is 1. The van der Waals surface area contributed by atoms with Gasteiger partial charge in [0.15, 0.2) is 0 Å². The van der Waals surface area contributed by atoms with Crippen molar-refractivity contribution in [1.82, 2.24) is 4.57 Å². The molecule has 0 amide bonds. The molecule has 1 aromatic carbocycles. The van der Waals surface area contributed by atoms with Gasteiger partial charge in [-0.25, -0.2) is 9.18 Å². The summed E-state index contributed by atoms with van der Waals surface area (Å²) in [4.78, 5) is 23.6. The van der Waals surface area contributed by atoms with Gasteiger partial charge in [-0.1, -0.05) is 0 Å². The molecule has 0 aliphatic carbocycles. The van der Waals surface area contributed by atoms with Gasteiger partial charge in [0.2, 0.25) is 0 Å². The number of aryl methyl sites for hydroxylation is 1. The number of ether oxygens (including phenoxy) is 1. The van der Waals surface area contributed by atoms with E-state index in [0.717, 1.165) is 18.2 Å². The van der Waals surface area contributed by atoms with Crippen molar-refractivity contribution in [2.24, 2.45) is 7.05 Å². The minimum atomic E-state index is -0.627. The number of carbonyl (C=O) groups is 1. The van der Waals surface area contributed by atoms with E-state index in [1.807, 2.05) is 0 Å². The molecule has 0 saturated carbocycles. The van der Waals surface area contributed by atoms with Gasteiger partial charge in [0.1, 0.15) is 11.6 Å². The maximum absolute atomic E-state index is 13.3. The van der Waals surface area contributed by atoms with E-state index < -0.39 is 17.3 Å². The summed E-state index contributed by atoms with van der Waals surface area (Å²) in [6.07, 6.45) is 1.31. The van der Waals surface area contributed by atoms with Crippen molar-refractivity contribution in [2.75, 3.05) is 7.11 Å². The first-order chi connectivity index (χ1) is 9.43. The SMILES string of the molecule is COC(=O)c1cc(-c2cc(F)ccc2O)c(=O)n(C)c1. The Morgan fingerprint density at radius 1 is 1.30 bits per heavy atom. The Kier molecular flexibility index (Phi) is 3.56. The third kappa shape index (κ3) is 2.40. The number of benzene rings is 1. The lowest BCUT2D eigenvalue weighted by atomic mass is 10.0. The van der Waals surface area contributed by atoms with Crippen molar-refractivity contribution in [3.05, 3.63) is 52.2 Å². The molecular weight excluding hydrogens is 265 g/mol. The maximum atomic E-state index is 13.3. The molecule has 0 fully saturated rings. The number of methoxy groups -OCH3 is 1. The first kappa shape index (κ1) is 13.8. The third-order valence-corrected chi connectivity index (χ3v) is 2.85. The molecule has 5 nitrogen and oxygen atoms in total. The van der Waals surface area contributed by atoms with Crippen molar-refractivity contribution >= 4 is 5.97 Å². The molecule has 0 saturated heterocycles. The third-order valence-electron chi connectivity index (χ3n) is 2.85. The molecule has 104 valence electrons. The van der Waals surface area contributed by atoms with Crippen LogP contribution in [-0.4, -0.2) is 22.8 Å². The molecule has 0 spiro atoms. The molecule has 1 heterocycles. The van der Waals surface area contributed by atoms with Crippen LogP contribution in [0.15, 0.2) is 35.3 Å². The van der Waals surface area contributed by atoms with Gasteiger partial charge in [-0.2, -0.15) is 0 Å². The highest BCUT2D eigenvalue weighted by molar-refractivity contribution is 5.90. The van der Waals surface area contributed by atoms with Gasteiger partial charge in [0, 0.05) is 18.8 Å². The lowest BCUT2D eigenvalue weighted by Crippen LogP contribution is -2.20. The lowest BCUT2D eigenvalue weighted by molar-refractivity contribution is 0.0599. The smallest absolute Gasteiger partial charge is 0.339 e. The van der Waals surface area contributed by atoms with Crippen LogP contribution in [-0.2, 0) is 11.8 Å². The predicted octanol–water partition coefficient (Wildman–Crippen LogP) is 1.68. The molecule has 0 bridgehead atoms. The van der Waals surface area contributed by atoms with Crippen LogP contribution in [0.1, 0.15) is 10.4 Å². The molecule has 0 atom stereocenters. The molecule has 0 unspecified atom stereocenters. The molecular formula is C14H12FNO4. The van der Waals surface area contributed by atoms with Gasteiger partial charge in [-0.3, -0.25) is 4.79 Å². The van der Waals surface area contributed by atoms with Crippen LogP contribution < -0.4 is 5.56 Å². The van der Waals surface area contributed by atoms with Crippen LogP contribution in [0.2, 0.25) is 0 Å². The van der Waals surface area contributed by atoms with Gasteiger partial charge in [-0.15, -0.1) is 0 Å². The summed E-state index contributed by atoms with van der Waals surface area (Å²) in [6, 6.07) is 4.53. The second-order valence-corrected chi connectivity index (χ2v) is 4.21. The molecule has 20 heavy (non-hydrogen) atoms. The van der Waals surface area contributed by atoms with Gasteiger partial charge >= 0.3 is 5.97 Å². The van der Waals surface area contributed by atoms with E-state index in [2.05, 4.69) is 4.74 Å². The summed E-state index contributed by atoms with van der Waals surface area (Å²) >= 11 is 0. The Hall–Kier alpha value is -2.63. The largest absolute Gasteiger partial charge is 0.507 e. The first-order valence-electron chi connectivity index (χ1n) is 5.72. The van der Waals surface area contributed by atoms with Crippen LogP contribution >= 0.6 is 0 Å². The number of aromatic nitrogens is 1. The average Bonchev–Trinajstić information content (AvgIpc) is 2.43. The van der Waals surface area contributed by atoms with Crippen LogP contribution in [0.4, 0.5) is 4.39 Å². The van der Waals surface area contributed by atoms with Crippen molar-refractivity contribution < 1.29 is 19.0 Å². The van der Waals surface area contributed by atoms with Gasteiger partial charge in [0.05, 0.1) is 18.2 Å². The summed E-state index contributed by atoms with van der Waals surface area (Å²) in [5.74, 6) is -1.47. The number of hydrogen-bond acceptors (Lipinski definition) is 4. The highest BCUT2D eigenvalue weighted by Crippen LogP contribution is 2.28. The summed E-state index contributed by atoms with van der Waals surface area (Å²) < 4.78 is 19.0. The Balaban J connectivity index is 2.73. The van der Waals surface area contributed by atoms with Crippen LogP contribution in [0.25, 0.3) is 11.1 Å². The lowest BCUT2D eigenvalue weighted by Gasteiger charge is -2.09. The highest BCUT2D eigenvalue weighted by Gasteiger charge is 2.15. The normalized spacial score (nSPS) is 10.3. The molecule has 6 heteroatoms. The van der Waals surface area contributed by atoms with Crippen molar-refractivity contribution in [3.63, 3.8) is 0 Å². The number of nitrogens with zero attached hydrogens (tertiary/aromatic N) is 1. The number of halogens is 1. The zero-order valence-electron chi connectivity index (χ0n) is 10.9. The van der Waals surface area contributed by atoms with E-state index in [9.17, 15) is 19.1 Å². The highest BCUT2D eigenvalue weighted by atomic mass is 19.1. The second-order valence-electron chi connectivity index (χ2n) is 4.21. The summed E-state index contributed by atoms with van der Waals surface area (Å²) in [7, 11) is 2.67. The van der Waals surface area contributed by atoms with E-state index in [1.54, 1.807) is 0 Å². The monoisotopic (exact) mass is 277 g/mol. The molecule has 2 aromatic rings. The van der Waals surface area contributed by atoms with Gasteiger partial charge < -0.3 is 14.4 Å². The minimum absolute atomic E-state index is 0.0207. The molecule has 1 aromatic heterocycles. The first-order valence-corrected chi connectivity index (χ1v) is 5.72. The zero-order chi connectivity index (χ0) is 14.9. The Bertz CT molecular complexity index is 736. The van der Waals surface area contributed by atoms with E-state index >= 15 is 0 Å². The molecule has 1 N–H and O–H groups in total. The fourth-order valence-corrected chi connectivity index (χ4v) is 1.86. The number of phenols is 1. The van der Waals surface area contributed by atoms with Crippen LogP contribution in [0.5, 0.6) is 5.75 Å². The van der Waals surface area contributed by atoms with Crippen LogP contribution in [0.3, 0.4) is 0 Å². The number of esters is 1. The number of hydrogen-bond donors (Lipinski definition) is 1. The van der Waals surface area contributed by atoms with E-state index in [1.165, 1.54) is 31.0 Å². The summed E-state index contributed by atoms with van der Waals surface area (Å²) in [5.41, 5.74) is -0.282. The molecule has 0 aliphatic rings. The van der Waals surface area contributed by atoms with Gasteiger partial charge in [-0.05, 0) is 24.3 Å². The summed E-state index contributed by atoms with van der Waals surface area (Å²) in [6.45, 7) is 0. The average molecular weight is 277 g/mol. The Morgan fingerprint density at radius 3 is 2.65 bits per heavy atom. The van der Waals surface area contributed by atoms with Crippen molar-refractivity contribution in [2.45, 2.75) is 0 Å². The standard InChI is InChI=1S/C14H12FNO4/c1-16-7-8(14(19)20-2)5-11(13(16)18)10-6-9(15)3-4-12(10)17/h3-7,17H,1-2H3. The predicted molar refractivity (Wildman–Crippen MR) is 70.1 cm³/mol. The Labute approximate surface area is 113 Å². The number of phenolic OH excluding ortho intramolecular Hbond substituents is 1. The van der Waals surface area contributed by atoms with Crippen molar-refractivity contribution in [3.8, 4) is 16.9 Å². The van der Waals surface area contributed by atoms with E-state index in [4.69, 9.17) is 0 Å². The topological polar surface area (TPSA) is 68.5 Å². The molecule has 0 aliphatic heterocycles. The summed E-state index contributed by atoms with van der Waals surface area (Å²) in [5, 5.41) is 9.76. The molecule has 2 rings (SSSR count). The quantitative estimate of drug-likeness (QED) is 0.848.